The van der Waals surface area contributed by atoms with Crippen molar-refractivity contribution in [2.45, 2.75) is 64.0 Å². The van der Waals surface area contributed by atoms with Crippen LogP contribution in [0.1, 0.15) is 76.2 Å². The molecule has 0 spiro atoms. The first-order chi connectivity index (χ1) is 15.6. The number of likely N-dealkylation sites (N-methyl/N-ethyl adjacent to an activating group) is 1. The summed E-state index contributed by atoms with van der Waals surface area (Å²) in [6.45, 7) is 9.67. The standard InChI is InChI=1S/C28H31N3O2/c1-15-20-13-24-21(22-10-16(28(2,3)4)11-23(29-15)25(20)22)12-17(14-30(24)5)31-26(32)18-8-6-7-9-19(18)27(31)33/h6-11,17,21,24,29H,12-14H2,1-5H3/t17-,21?,24-/m1/s1. The second-order valence-electron chi connectivity index (χ2n) is 11.2. The molecule has 1 N–H and O–H groups in total. The van der Waals surface area contributed by atoms with E-state index >= 15 is 0 Å². The van der Waals surface area contributed by atoms with Gasteiger partial charge in [-0.05, 0) is 67.1 Å². The highest BCUT2D eigenvalue weighted by molar-refractivity contribution is 6.21. The Morgan fingerprint density at radius 3 is 2.33 bits per heavy atom. The summed E-state index contributed by atoms with van der Waals surface area (Å²) in [6, 6.07) is 12.2. The van der Waals surface area contributed by atoms with E-state index in [1.807, 2.05) is 12.1 Å². The van der Waals surface area contributed by atoms with Crippen LogP contribution in [0, 0.1) is 6.92 Å². The lowest BCUT2D eigenvalue weighted by atomic mass is 9.71. The highest BCUT2D eigenvalue weighted by Gasteiger charge is 2.47. The van der Waals surface area contributed by atoms with Crippen LogP contribution >= 0.6 is 0 Å². The Kier molecular flexibility index (Phi) is 4.26. The number of hydrogen-bond acceptors (Lipinski definition) is 3. The van der Waals surface area contributed by atoms with Gasteiger partial charge in [0, 0.05) is 35.1 Å². The maximum Gasteiger partial charge on any atom is 0.261 e. The fourth-order valence-corrected chi connectivity index (χ4v) is 6.41. The molecule has 6 rings (SSSR count). The van der Waals surface area contributed by atoms with Gasteiger partial charge in [0.15, 0.2) is 0 Å². The second kappa shape index (κ2) is 6.80. The van der Waals surface area contributed by atoms with Gasteiger partial charge in [0.1, 0.15) is 0 Å². The molecule has 1 fully saturated rings. The van der Waals surface area contributed by atoms with Gasteiger partial charge in [0.25, 0.3) is 11.8 Å². The third-order valence-corrected chi connectivity index (χ3v) is 8.17. The van der Waals surface area contributed by atoms with Crippen molar-refractivity contribution in [1.29, 1.82) is 0 Å². The number of aryl methyl sites for hydroxylation is 1. The number of carbonyl (C=O) groups excluding carboxylic acids is 2. The van der Waals surface area contributed by atoms with Crippen LogP contribution in [0.5, 0.6) is 0 Å². The molecule has 3 aromatic rings. The van der Waals surface area contributed by atoms with Crippen molar-refractivity contribution in [3.8, 4) is 0 Å². The Balaban J connectivity index is 1.45. The van der Waals surface area contributed by atoms with Gasteiger partial charge in [-0.15, -0.1) is 0 Å². The first-order valence-electron chi connectivity index (χ1n) is 12.0. The van der Waals surface area contributed by atoms with Gasteiger partial charge >= 0.3 is 0 Å². The van der Waals surface area contributed by atoms with Crippen molar-refractivity contribution >= 4 is 22.7 Å². The molecule has 2 amide bonds. The second-order valence-corrected chi connectivity index (χ2v) is 11.2. The molecule has 2 aromatic carbocycles. The number of amides is 2. The Morgan fingerprint density at radius 2 is 1.70 bits per heavy atom. The molecular formula is C28H31N3O2. The number of nitrogens with one attached hydrogen (secondary N) is 1. The molecular weight excluding hydrogens is 410 g/mol. The first-order valence-corrected chi connectivity index (χ1v) is 12.0. The molecule has 2 aliphatic heterocycles. The van der Waals surface area contributed by atoms with Crippen molar-refractivity contribution in [3.63, 3.8) is 0 Å². The van der Waals surface area contributed by atoms with E-state index in [4.69, 9.17) is 0 Å². The molecule has 3 atom stereocenters. The number of benzene rings is 2. The van der Waals surface area contributed by atoms with Crippen LogP contribution in [0.2, 0.25) is 0 Å². The molecule has 3 heterocycles. The van der Waals surface area contributed by atoms with E-state index in [0.29, 0.717) is 23.7 Å². The lowest BCUT2D eigenvalue weighted by Gasteiger charge is -2.47. The predicted molar refractivity (Wildman–Crippen MR) is 130 cm³/mol. The summed E-state index contributed by atoms with van der Waals surface area (Å²) in [7, 11) is 2.15. The van der Waals surface area contributed by atoms with E-state index in [0.717, 1.165) is 12.8 Å². The maximum atomic E-state index is 13.2. The number of piperidine rings is 1. The molecule has 0 radical (unpaired) electrons. The fraction of sp³-hybridized carbons (Fsp3) is 0.429. The van der Waals surface area contributed by atoms with Gasteiger partial charge in [-0.1, -0.05) is 39.0 Å². The van der Waals surface area contributed by atoms with Gasteiger partial charge in [-0.3, -0.25) is 14.5 Å². The third kappa shape index (κ3) is 2.88. The molecule has 3 aliphatic rings. The average Bonchev–Trinajstić information content (AvgIpc) is 3.22. The molecule has 0 saturated carbocycles. The SMILES string of the molecule is Cc1[nH]c2cc(C(C)(C)C)cc3c2c1C[C@@H]1C3C[C@@H](N2C(=O)c3ccccc3C2=O)CN1C. The summed E-state index contributed by atoms with van der Waals surface area (Å²) in [5, 5.41) is 1.36. The topological polar surface area (TPSA) is 56.4 Å². The lowest BCUT2D eigenvalue weighted by molar-refractivity contribution is 0.0394. The number of nitrogens with zero attached hydrogens (tertiary/aromatic N) is 2. The van der Waals surface area contributed by atoms with Crippen molar-refractivity contribution in [1.82, 2.24) is 14.8 Å². The number of fused-ring (bicyclic) bond motifs is 3. The zero-order chi connectivity index (χ0) is 23.2. The third-order valence-electron chi connectivity index (χ3n) is 8.17. The molecule has 33 heavy (non-hydrogen) atoms. The van der Waals surface area contributed by atoms with Crippen LogP contribution in [0.15, 0.2) is 36.4 Å². The number of aromatic amines is 1. The number of carbonyl (C=O) groups is 2. The Bertz CT molecular complexity index is 1290. The highest BCUT2D eigenvalue weighted by atomic mass is 16.2. The number of hydrogen-bond donors (Lipinski definition) is 1. The molecule has 0 bridgehead atoms. The minimum Gasteiger partial charge on any atom is -0.358 e. The Hall–Kier alpha value is -2.92. The minimum absolute atomic E-state index is 0.0410. The maximum absolute atomic E-state index is 13.2. The zero-order valence-electron chi connectivity index (χ0n) is 20.0. The summed E-state index contributed by atoms with van der Waals surface area (Å²) < 4.78 is 0. The number of aromatic nitrogens is 1. The van der Waals surface area contributed by atoms with Crippen LogP contribution in [0.4, 0.5) is 0 Å². The number of H-pyrrole nitrogens is 1. The zero-order valence-corrected chi connectivity index (χ0v) is 20.0. The van der Waals surface area contributed by atoms with Gasteiger partial charge < -0.3 is 9.88 Å². The van der Waals surface area contributed by atoms with Crippen LogP contribution in [-0.4, -0.2) is 52.3 Å². The summed E-state index contributed by atoms with van der Waals surface area (Å²) in [4.78, 5) is 34.0. The number of rotatable bonds is 1. The lowest BCUT2D eigenvalue weighted by Crippen LogP contribution is -2.56. The van der Waals surface area contributed by atoms with Crippen LogP contribution < -0.4 is 0 Å². The van der Waals surface area contributed by atoms with Crippen molar-refractivity contribution in [2.24, 2.45) is 0 Å². The largest absolute Gasteiger partial charge is 0.358 e. The van der Waals surface area contributed by atoms with E-state index in [1.54, 1.807) is 17.0 Å². The monoisotopic (exact) mass is 441 g/mol. The average molecular weight is 442 g/mol. The summed E-state index contributed by atoms with van der Waals surface area (Å²) >= 11 is 0. The van der Waals surface area contributed by atoms with Gasteiger partial charge in [0.2, 0.25) is 0 Å². The fourth-order valence-electron chi connectivity index (χ4n) is 6.41. The molecule has 1 aliphatic carbocycles. The summed E-state index contributed by atoms with van der Waals surface area (Å²) in [5.41, 5.74) is 7.71. The summed E-state index contributed by atoms with van der Waals surface area (Å²) in [5.74, 6) is -0.00406. The molecule has 1 unspecified atom stereocenters. The Labute approximate surface area is 194 Å². The van der Waals surface area contributed by atoms with Gasteiger partial charge in [0.05, 0.1) is 17.2 Å². The smallest absolute Gasteiger partial charge is 0.261 e. The van der Waals surface area contributed by atoms with Gasteiger partial charge in [-0.2, -0.15) is 0 Å². The van der Waals surface area contributed by atoms with E-state index in [9.17, 15) is 9.59 Å². The van der Waals surface area contributed by atoms with Crippen molar-refractivity contribution in [3.05, 3.63) is 69.9 Å². The molecule has 5 heteroatoms. The van der Waals surface area contributed by atoms with Crippen LogP contribution in [0.25, 0.3) is 10.9 Å². The normalized spacial score (nSPS) is 25.0. The summed E-state index contributed by atoms with van der Waals surface area (Å²) in [6.07, 6.45) is 1.82. The number of likely N-dealkylation sites (tertiary alicyclic amines) is 1. The predicted octanol–water partition coefficient (Wildman–Crippen LogP) is 4.78. The van der Waals surface area contributed by atoms with Crippen LogP contribution in [0.3, 0.4) is 0 Å². The molecule has 1 saturated heterocycles. The highest BCUT2D eigenvalue weighted by Crippen LogP contribution is 2.47. The van der Waals surface area contributed by atoms with E-state index in [-0.39, 0.29) is 29.2 Å². The van der Waals surface area contributed by atoms with Crippen LogP contribution in [-0.2, 0) is 11.8 Å². The first kappa shape index (κ1) is 20.7. The van der Waals surface area contributed by atoms with E-state index < -0.39 is 0 Å². The Morgan fingerprint density at radius 1 is 1.03 bits per heavy atom. The minimum atomic E-state index is -0.143. The molecule has 1 aromatic heterocycles. The molecule has 5 nitrogen and oxygen atoms in total. The van der Waals surface area contributed by atoms with Gasteiger partial charge in [-0.25, -0.2) is 0 Å². The molecule has 170 valence electrons. The van der Waals surface area contributed by atoms with E-state index in [2.05, 4.69) is 56.8 Å². The van der Waals surface area contributed by atoms with E-state index in [1.165, 1.54) is 33.3 Å². The van der Waals surface area contributed by atoms with Crippen molar-refractivity contribution in [2.75, 3.05) is 13.6 Å². The van der Waals surface area contributed by atoms with Crippen molar-refractivity contribution < 1.29 is 9.59 Å². The number of imide groups is 1. The quantitative estimate of drug-likeness (QED) is 0.553.